The lowest BCUT2D eigenvalue weighted by Gasteiger charge is -2.31. The van der Waals surface area contributed by atoms with E-state index in [1.807, 2.05) is 13.0 Å². The van der Waals surface area contributed by atoms with E-state index in [9.17, 15) is 4.79 Å². The van der Waals surface area contributed by atoms with Crippen LogP contribution < -0.4 is 0 Å². The summed E-state index contributed by atoms with van der Waals surface area (Å²) in [5.41, 5.74) is 2.16. The van der Waals surface area contributed by atoms with E-state index in [1.165, 1.54) is 6.42 Å². The lowest BCUT2D eigenvalue weighted by molar-refractivity contribution is -0.126. The number of hydrogen-bond acceptors (Lipinski definition) is 3. The number of nitrogens with zero attached hydrogens (tertiary/aromatic N) is 2. The van der Waals surface area contributed by atoms with Crippen molar-refractivity contribution in [2.24, 2.45) is 11.8 Å². The Kier molecular flexibility index (Phi) is 5.92. The van der Waals surface area contributed by atoms with E-state index in [-0.39, 0.29) is 5.92 Å². The Morgan fingerprint density at radius 1 is 1.33 bits per heavy atom. The highest BCUT2D eigenvalue weighted by molar-refractivity contribution is 5.81. The first-order chi connectivity index (χ1) is 10.1. The van der Waals surface area contributed by atoms with Crippen molar-refractivity contribution >= 4 is 5.78 Å². The summed E-state index contributed by atoms with van der Waals surface area (Å²) < 4.78 is 0. The SMILES string of the molecule is CCC1CCC(=O)C(CN(CC)Cc2cccc(C)n2)C1. The maximum atomic E-state index is 12.2. The van der Waals surface area contributed by atoms with Crippen molar-refractivity contribution in [3.05, 3.63) is 29.6 Å². The summed E-state index contributed by atoms with van der Waals surface area (Å²) in [5, 5.41) is 0. The van der Waals surface area contributed by atoms with E-state index < -0.39 is 0 Å². The molecule has 1 aromatic rings. The molecule has 0 radical (unpaired) electrons. The molecule has 116 valence electrons. The molecule has 2 unspecified atom stereocenters. The van der Waals surface area contributed by atoms with E-state index in [0.717, 1.165) is 56.2 Å². The fraction of sp³-hybridized carbons (Fsp3) is 0.667. The molecule has 0 aliphatic heterocycles. The normalized spacial score (nSPS) is 22.8. The molecule has 0 saturated heterocycles. The summed E-state index contributed by atoms with van der Waals surface area (Å²) in [4.78, 5) is 19.1. The van der Waals surface area contributed by atoms with E-state index >= 15 is 0 Å². The fourth-order valence-electron chi connectivity index (χ4n) is 3.28. The molecule has 1 heterocycles. The molecule has 0 bridgehead atoms. The Balaban J connectivity index is 1.96. The van der Waals surface area contributed by atoms with Crippen molar-refractivity contribution in [2.75, 3.05) is 13.1 Å². The quantitative estimate of drug-likeness (QED) is 0.802. The molecule has 1 fully saturated rings. The van der Waals surface area contributed by atoms with E-state index in [0.29, 0.717) is 5.78 Å². The van der Waals surface area contributed by atoms with Gasteiger partial charge in [0.2, 0.25) is 0 Å². The lowest BCUT2D eigenvalue weighted by Crippen LogP contribution is -2.36. The van der Waals surface area contributed by atoms with Crippen LogP contribution in [0.1, 0.15) is 50.9 Å². The molecule has 1 saturated carbocycles. The van der Waals surface area contributed by atoms with Gasteiger partial charge in [-0.1, -0.05) is 26.3 Å². The zero-order valence-electron chi connectivity index (χ0n) is 13.6. The van der Waals surface area contributed by atoms with E-state index in [4.69, 9.17) is 0 Å². The van der Waals surface area contributed by atoms with Crippen LogP contribution in [0, 0.1) is 18.8 Å². The van der Waals surface area contributed by atoms with E-state index in [1.54, 1.807) is 0 Å². The maximum Gasteiger partial charge on any atom is 0.137 e. The molecule has 1 aliphatic rings. The Labute approximate surface area is 128 Å². The highest BCUT2D eigenvalue weighted by atomic mass is 16.1. The van der Waals surface area contributed by atoms with Crippen molar-refractivity contribution in [1.29, 1.82) is 0 Å². The Morgan fingerprint density at radius 2 is 2.14 bits per heavy atom. The molecular formula is C18H28N2O. The van der Waals surface area contributed by atoms with Crippen LogP contribution in [0.2, 0.25) is 0 Å². The van der Waals surface area contributed by atoms with Gasteiger partial charge in [0, 0.05) is 31.1 Å². The largest absolute Gasteiger partial charge is 0.299 e. The van der Waals surface area contributed by atoms with Crippen LogP contribution in [0.3, 0.4) is 0 Å². The number of aromatic nitrogens is 1. The summed E-state index contributed by atoms with van der Waals surface area (Å²) >= 11 is 0. The Morgan fingerprint density at radius 3 is 2.81 bits per heavy atom. The molecule has 1 aliphatic carbocycles. The number of pyridine rings is 1. The first-order valence-corrected chi connectivity index (χ1v) is 8.30. The number of aryl methyl sites for hydroxylation is 1. The van der Waals surface area contributed by atoms with Gasteiger partial charge in [-0.2, -0.15) is 0 Å². The summed E-state index contributed by atoms with van der Waals surface area (Å²) in [6.45, 7) is 9.14. The molecule has 2 rings (SSSR count). The Hall–Kier alpha value is -1.22. The smallest absolute Gasteiger partial charge is 0.137 e. The number of carbonyl (C=O) groups excluding carboxylic acids is 1. The van der Waals surface area contributed by atoms with Gasteiger partial charge in [-0.05, 0) is 44.4 Å². The number of ketones is 1. The first-order valence-electron chi connectivity index (χ1n) is 8.30. The molecule has 0 amide bonds. The zero-order chi connectivity index (χ0) is 15.2. The molecule has 0 aromatic carbocycles. The molecule has 21 heavy (non-hydrogen) atoms. The Bertz CT molecular complexity index is 472. The van der Waals surface area contributed by atoms with Crippen LogP contribution in [-0.2, 0) is 11.3 Å². The van der Waals surface area contributed by atoms with Gasteiger partial charge in [0.25, 0.3) is 0 Å². The minimum Gasteiger partial charge on any atom is -0.299 e. The zero-order valence-corrected chi connectivity index (χ0v) is 13.6. The standard InChI is InChI=1S/C18H28N2O/c1-4-15-9-10-18(21)16(11-15)12-20(5-2)13-17-8-6-7-14(3)19-17/h6-8,15-16H,4-5,9-13H2,1-3H3. The van der Waals surface area contributed by atoms with Gasteiger partial charge in [-0.25, -0.2) is 0 Å². The molecule has 0 N–H and O–H groups in total. The van der Waals surface area contributed by atoms with Gasteiger partial charge >= 0.3 is 0 Å². The molecule has 0 spiro atoms. The monoisotopic (exact) mass is 288 g/mol. The maximum absolute atomic E-state index is 12.2. The van der Waals surface area contributed by atoms with Crippen molar-refractivity contribution in [2.45, 2.75) is 53.0 Å². The van der Waals surface area contributed by atoms with Crippen LogP contribution in [0.5, 0.6) is 0 Å². The molecule has 3 nitrogen and oxygen atoms in total. The van der Waals surface area contributed by atoms with Crippen LogP contribution >= 0.6 is 0 Å². The predicted molar refractivity (Wildman–Crippen MR) is 86.1 cm³/mol. The number of carbonyl (C=O) groups is 1. The summed E-state index contributed by atoms with van der Waals surface area (Å²) in [5.74, 6) is 1.44. The average molecular weight is 288 g/mol. The molecule has 3 heteroatoms. The van der Waals surface area contributed by atoms with E-state index in [2.05, 4.69) is 35.9 Å². The van der Waals surface area contributed by atoms with Crippen molar-refractivity contribution in [1.82, 2.24) is 9.88 Å². The lowest BCUT2D eigenvalue weighted by atomic mass is 9.79. The third kappa shape index (κ3) is 4.63. The minimum atomic E-state index is 0.230. The van der Waals surface area contributed by atoms with Crippen molar-refractivity contribution in [3.8, 4) is 0 Å². The third-order valence-corrected chi connectivity index (χ3v) is 4.71. The number of hydrogen-bond donors (Lipinski definition) is 0. The van der Waals surface area contributed by atoms with Crippen LogP contribution in [0.25, 0.3) is 0 Å². The van der Waals surface area contributed by atoms with Gasteiger partial charge in [0.05, 0.1) is 5.69 Å². The first kappa shape index (κ1) is 16.2. The molecular weight excluding hydrogens is 260 g/mol. The fourth-order valence-corrected chi connectivity index (χ4v) is 3.28. The summed E-state index contributed by atoms with van der Waals surface area (Å²) in [6.07, 6.45) is 4.16. The highest BCUT2D eigenvalue weighted by Gasteiger charge is 2.29. The average Bonchev–Trinajstić information content (AvgIpc) is 2.48. The summed E-state index contributed by atoms with van der Waals surface area (Å²) in [7, 11) is 0. The minimum absolute atomic E-state index is 0.230. The second kappa shape index (κ2) is 7.69. The van der Waals surface area contributed by atoms with Gasteiger partial charge in [-0.3, -0.25) is 14.7 Å². The van der Waals surface area contributed by atoms with Crippen LogP contribution in [0.15, 0.2) is 18.2 Å². The second-order valence-electron chi connectivity index (χ2n) is 6.31. The number of Topliss-reactive ketones (excluding diaryl/α,β-unsaturated/α-hetero) is 1. The van der Waals surface area contributed by atoms with Crippen molar-refractivity contribution < 1.29 is 4.79 Å². The van der Waals surface area contributed by atoms with Crippen LogP contribution in [0.4, 0.5) is 0 Å². The van der Waals surface area contributed by atoms with Gasteiger partial charge in [-0.15, -0.1) is 0 Å². The third-order valence-electron chi connectivity index (χ3n) is 4.71. The topological polar surface area (TPSA) is 33.2 Å². The van der Waals surface area contributed by atoms with Crippen molar-refractivity contribution in [3.63, 3.8) is 0 Å². The van der Waals surface area contributed by atoms with Gasteiger partial charge in [0.15, 0.2) is 0 Å². The molecule has 2 atom stereocenters. The second-order valence-corrected chi connectivity index (χ2v) is 6.31. The van der Waals surface area contributed by atoms with Crippen LogP contribution in [-0.4, -0.2) is 28.8 Å². The number of rotatable bonds is 6. The van der Waals surface area contributed by atoms with Gasteiger partial charge in [0.1, 0.15) is 5.78 Å². The van der Waals surface area contributed by atoms with Gasteiger partial charge < -0.3 is 0 Å². The predicted octanol–water partition coefficient (Wildman–Crippen LogP) is 3.61. The summed E-state index contributed by atoms with van der Waals surface area (Å²) in [6, 6.07) is 6.16. The highest BCUT2D eigenvalue weighted by Crippen LogP contribution is 2.29. The molecule has 1 aromatic heterocycles.